The van der Waals surface area contributed by atoms with E-state index in [1.807, 2.05) is 25.6 Å². The van der Waals surface area contributed by atoms with E-state index in [0.717, 1.165) is 22.4 Å². The Bertz CT molecular complexity index is 384. The lowest BCUT2D eigenvalue weighted by Crippen LogP contribution is -2.07. The highest BCUT2D eigenvalue weighted by Crippen LogP contribution is 2.20. The van der Waals surface area contributed by atoms with E-state index in [1.54, 1.807) is 0 Å². The summed E-state index contributed by atoms with van der Waals surface area (Å²) in [6.07, 6.45) is 0.646. The lowest BCUT2D eigenvalue weighted by Gasteiger charge is -2.10. The van der Waals surface area contributed by atoms with Gasteiger partial charge in [-0.05, 0) is 37.1 Å². The molecule has 0 aliphatic rings. The third-order valence-electron chi connectivity index (χ3n) is 2.74. The van der Waals surface area contributed by atoms with E-state index in [2.05, 4.69) is 32.9 Å². The fraction of sp³-hybridized carbons (Fsp3) is 0.533. The summed E-state index contributed by atoms with van der Waals surface area (Å²) in [4.78, 5) is 12.2. The zero-order valence-electron chi connectivity index (χ0n) is 11.5. The minimum Gasteiger partial charge on any atom is -0.294 e. The summed E-state index contributed by atoms with van der Waals surface area (Å²) in [6, 6.07) is 4.19. The third kappa shape index (κ3) is 4.19. The van der Waals surface area contributed by atoms with Gasteiger partial charge in [0, 0.05) is 17.7 Å². The minimum atomic E-state index is 0.285. The highest BCUT2D eigenvalue weighted by Gasteiger charge is 2.12. The van der Waals surface area contributed by atoms with Gasteiger partial charge in [0.25, 0.3) is 0 Å². The molecule has 0 unspecified atom stereocenters. The molecule has 2 heteroatoms. The normalized spacial score (nSPS) is 10.9. The van der Waals surface area contributed by atoms with E-state index in [-0.39, 0.29) is 5.78 Å². The molecule has 0 aliphatic heterocycles. The van der Waals surface area contributed by atoms with Gasteiger partial charge in [-0.1, -0.05) is 31.5 Å². The van der Waals surface area contributed by atoms with Crippen LogP contribution in [0.1, 0.15) is 47.3 Å². The fourth-order valence-corrected chi connectivity index (χ4v) is 2.91. The Morgan fingerprint density at radius 1 is 1.18 bits per heavy atom. The van der Waals surface area contributed by atoms with Crippen LogP contribution in [0.25, 0.3) is 0 Å². The molecule has 1 aromatic rings. The smallest absolute Gasteiger partial charge is 0.164 e. The van der Waals surface area contributed by atoms with Crippen molar-refractivity contribution >= 4 is 17.5 Å². The average molecular weight is 250 g/mol. The summed E-state index contributed by atoms with van der Waals surface area (Å²) in [6.45, 7) is 10.5. The van der Waals surface area contributed by atoms with Crippen molar-refractivity contribution in [3.8, 4) is 0 Å². The molecule has 0 amide bonds. The van der Waals surface area contributed by atoms with E-state index < -0.39 is 0 Å². The van der Waals surface area contributed by atoms with Crippen LogP contribution in [0.3, 0.4) is 0 Å². The molecule has 1 rings (SSSR count). The molecule has 0 atom stereocenters. The molecule has 0 saturated carbocycles. The molecule has 0 fully saturated rings. The quantitative estimate of drug-likeness (QED) is 0.724. The molecule has 94 valence electrons. The number of Topliss-reactive ketones (excluding diaryl/α,β-unsaturated/α-hetero) is 1. The number of benzene rings is 1. The molecule has 17 heavy (non-hydrogen) atoms. The molecule has 0 heterocycles. The van der Waals surface area contributed by atoms with Gasteiger partial charge in [0.2, 0.25) is 0 Å². The van der Waals surface area contributed by atoms with Crippen LogP contribution in [-0.4, -0.2) is 16.8 Å². The SMILES string of the molecule is Cc1cc(C)c(C(=O)CCSC(C)C)c(C)c1. The molecular weight excluding hydrogens is 228 g/mol. The van der Waals surface area contributed by atoms with Gasteiger partial charge >= 0.3 is 0 Å². The predicted octanol–water partition coefficient (Wildman–Crippen LogP) is 4.33. The summed E-state index contributed by atoms with van der Waals surface area (Å²) < 4.78 is 0. The highest BCUT2D eigenvalue weighted by molar-refractivity contribution is 7.99. The van der Waals surface area contributed by atoms with Crippen LogP contribution in [0.2, 0.25) is 0 Å². The number of rotatable bonds is 5. The Morgan fingerprint density at radius 2 is 1.71 bits per heavy atom. The van der Waals surface area contributed by atoms with E-state index in [1.165, 1.54) is 5.56 Å². The molecule has 0 radical (unpaired) electrons. The molecular formula is C15H22OS. The second-order valence-electron chi connectivity index (χ2n) is 4.87. The number of ketones is 1. The Balaban J connectivity index is 2.76. The summed E-state index contributed by atoms with van der Waals surface area (Å²) >= 11 is 1.85. The highest BCUT2D eigenvalue weighted by atomic mass is 32.2. The van der Waals surface area contributed by atoms with Crippen LogP contribution in [0.4, 0.5) is 0 Å². The van der Waals surface area contributed by atoms with Gasteiger partial charge in [0.05, 0.1) is 0 Å². The van der Waals surface area contributed by atoms with Gasteiger partial charge < -0.3 is 0 Å². The minimum absolute atomic E-state index is 0.285. The summed E-state index contributed by atoms with van der Waals surface area (Å²) in [5.41, 5.74) is 4.39. The maximum atomic E-state index is 12.2. The van der Waals surface area contributed by atoms with Crippen molar-refractivity contribution in [2.24, 2.45) is 0 Å². The van der Waals surface area contributed by atoms with E-state index >= 15 is 0 Å². The molecule has 0 N–H and O–H groups in total. The van der Waals surface area contributed by atoms with E-state index in [9.17, 15) is 4.79 Å². The molecule has 0 aliphatic carbocycles. The maximum Gasteiger partial charge on any atom is 0.164 e. The second-order valence-corrected chi connectivity index (χ2v) is 6.55. The number of aryl methyl sites for hydroxylation is 3. The summed E-state index contributed by atoms with van der Waals surface area (Å²) in [7, 11) is 0. The van der Waals surface area contributed by atoms with Gasteiger partial charge in [-0.2, -0.15) is 11.8 Å². The van der Waals surface area contributed by atoms with Crippen LogP contribution in [0, 0.1) is 20.8 Å². The Hall–Kier alpha value is -0.760. The first-order valence-electron chi connectivity index (χ1n) is 6.14. The monoisotopic (exact) mass is 250 g/mol. The number of hydrogen-bond donors (Lipinski definition) is 0. The van der Waals surface area contributed by atoms with Crippen LogP contribution in [-0.2, 0) is 0 Å². The lowest BCUT2D eigenvalue weighted by molar-refractivity contribution is 0.0988. The summed E-state index contributed by atoms with van der Waals surface area (Å²) in [5.74, 6) is 1.21. The van der Waals surface area contributed by atoms with Gasteiger partial charge in [-0.25, -0.2) is 0 Å². The Morgan fingerprint density at radius 3 is 2.18 bits per heavy atom. The molecule has 0 spiro atoms. The van der Waals surface area contributed by atoms with Crippen molar-refractivity contribution < 1.29 is 4.79 Å². The lowest BCUT2D eigenvalue weighted by atomic mass is 9.96. The maximum absolute atomic E-state index is 12.2. The predicted molar refractivity (Wildman–Crippen MR) is 77.2 cm³/mol. The summed E-state index contributed by atoms with van der Waals surface area (Å²) in [5, 5.41) is 0.600. The second kappa shape index (κ2) is 6.25. The van der Waals surface area contributed by atoms with E-state index in [0.29, 0.717) is 11.7 Å². The van der Waals surface area contributed by atoms with Gasteiger partial charge in [0.1, 0.15) is 0 Å². The van der Waals surface area contributed by atoms with Crippen molar-refractivity contribution in [2.75, 3.05) is 5.75 Å². The van der Waals surface area contributed by atoms with Crippen LogP contribution >= 0.6 is 11.8 Å². The van der Waals surface area contributed by atoms with Gasteiger partial charge in [-0.15, -0.1) is 0 Å². The number of carbonyl (C=O) groups is 1. The molecule has 0 bridgehead atoms. The molecule has 0 saturated heterocycles. The zero-order chi connectivity index (χ0) is 13.0. The number of hydrogen-bond acceptors (Lipinski definition) is 2. The van der Waals surface area contributed by atoms with Gasteiger partial charge in [0.15, 0.2) is 5.78 Å². The third-order valence-corrected chi connectivity index (χ3v) is 3.84. The Labute approximate surface area is 109 Å². The first-order valence-corrected chi connectivity index (χ1v) is 7.19. The van der Waals surface area contributed by atoms with Gasteiger partial charge in [-0.3, -0.25) is 4.79 Å². The average Bonchev–Trinajstić information content (AvgIpc) is 2.14. The number of carbonyl (C=O) groups excluding carboxylic acids is 1. The van der Waals surface area contributed by atoms with Crippen molar-refractivity contribution in [3.63, 3.8) is 0 Å². The van der Waals surface area contributed by atoms with Crippen molar-refractivity contribution in [3.05, 3.63) is 34.4 Å². The largest absolute Gasteiger partial charge is 0.294 e. The number of thioether (sulfide) groups is 1. The molecule has 1 nitrogen and oxygen atoms in total. The van der Waals surface area contributed by atoms with Crippen LogP contribution < -0.4 is 0 Å². The van der Waals surface area contributed by atoms with Crippen molar-refractivity contribution in [1.29, 1.82) is 0 Å². The van der Waals surface area contributed by atoms with Crippen LogP contribution in [0.15, 0.2) is 12.1 Å². The molecule has 0 aromatic heterocycles. The van der Waals surface area contributed by atoms with Crippen molar-refractivity contribution in [1.82, 2.24) is 0 Å². The zero-order valence-corrected chi connectivity index (χ0v) is 12.3. The first-order chi connectivity index (χ1) is 7.91. The van der Waals surface area contributed by atoms with Crippen LogP contribution in [0.5, 0.6) is 0 Å². The first kappa shape index (κ1) is 14.3. The molecule has 1 aromatic carbocycles. The topological polar surface area (TPSA) is 17.1 Å². The standard InChI is InChI=1S/C15H22OS/c1-10(2)17-7-6-14(16)15-12(4)8-11(3)9-13(15)5/h8-10H,6-7H2,1-5H3. The van der Waals surface area contributed by atoms with E-state index in [4.69, 9.17) is 0 Å². The van der Waals surface area contributed by atoms with Crippen molar-refractivity contribution in [2.45, 2.75) is 46.3 Å². The fourth-order valence-electron chi connectivity index (χ4n) is 2.13. The Kier molecular flexibility index (Phi) is 5.26.